The Bertz CT molecular complexity index is 1120. The van der Waals surface area contributed by atoms with Gasteiger partial charge in [-0.3, -0.25) is 0 Å². The van der Waals surface area contributed by atoms with Crippen LogP contribution >= 0.6 is 0 Å². The molecule has 0 radical (unpaired) electrons. The Kier molecular flexibility index (Phi) is 5.75. The number of hydrogen-bond acceptors (Lipinski definition) is 4. The van der Waals surface area contributed by atoms with E-state index in [1.165, 1.54) is 11.6 Å². The molecular weight excluding hydrogens is 419 g/mol. The Morgan fingerprint density at radius 3 is 2.58 bits per heavy atom. The lowest BCUT2D eigenvalue weighted by Crippen LogP contribution is -2.46. The number of aliphatic hydroxyl groups excluding tert-OH is 1. The van der Waals surface area contributed by atoms with E-state index >= 15 is 0 Å². The third-order valence-electron chi connectivity index (χ3n) is 7.31. The summed E-state index contributed by atoms with van der Waals surface area (Å²) in [5.41, 5.74) is 2.30. The summed E-state index contributed by atoms with van der Waals surface area (Å²) in [6.45, 7) is 4.01. The third-order valence-corrected chi connectivity index (χ3v) is 7.31. The summed E-state index contributed by atoms with van der Waals surface area (Å²) < 4.78 is 22.4. The fourth-order valence-electron chi connectivity index (χ4n) is 5.54. The first-order valence-corrected chi connectivity index (χ1v) is 11.8. The Morgan fingerprint density at radius 1 is 1.15 bits per heavy atom. The fourth-order valence-corrected chi connectivity index (χ4v) is 5.54. The molecule has 6 heteroatoms. The molecule has 2 aliphatic rings. The highest BCUT2D eigenvalue weighted by Crippen LogP contribution is 2.46. The largest absolute Gasteiger partial charge is 0.491 e. The lowest BCUT2D eigenvalue weighted by atomic mass is 9.72. The van der Waals surface area contributed by atoms with Gasteiger partial charge in [-0.2, -0.15) is 0 Å². The summed E-state index contributed by atoms with van der Waals surface area (Å²) in [6.07, 6.45) is 5.45. The molecule has 3 aromatic rings. The topological polar surface area (TPSA) is 67.5 Å². The van der Waals surface area contributed by atoms with Gasteiger partial charge in [0.25, 0.3) is 0 Å². The predicted octanol–water partition coefficient (Wildman–Crippen LogP) is 5.22. The molecule has 0 amide bonds. The van der Waals surface area contributed by atoms with Crippen molar-refractivity contribution in [3.8, 4) is 17.0 Å². The second-order valence-corrected chi connectivity index (χ2v) is 9.77. The minimum absolute atomic E-state index is 0.140. The maximum Gasteiger partial charge on any atom is 0.129 e. The molecular formula is C27H31FN2O3. The fraction of sp³-hybridized carbons (Fsp3) is 0.444. The maximum atomic E-state index is 14.7. The summed E-state index contributed by atoms with van der Waals surface area (Å²) in [4.78, 5) is 4.21. The van der Waals surface area contributed by atoms with Crippen LogP contribution in [0.5, 0.6) is 5.75 Å². The second kappa shape index (κ2) is 8.58. The van der Waals surface area contributed by atoms with E-state index in [1.54, 1.807) is 18.6 Å². The van der Waals surface area contributed by atoms with Crippen molar-refractivity contribution in [2.75, 3.05) is 0 Å². The van der Waals surface area contributed by atoms with E-state index in [9.17, 15) is 14.6 Å². The van der Waals surface area contributed by atoms with Crippen molar-refractivity contribution in [1.29, 1.82) is 0 Å². The Hall–Kier alpha value is -2.70. The molecule has 2 aromatic carbocycles. The zero-order chi connectivity index (χ0) is 23.2. The molecule has 1 saturated carbocycles. The highest BCUT2D eigenvalue weighted by atomic mass is 19.1. The standard InChI is InChI=1S/C27H31FN2O3/c1-17(2)33-20-8-6-18(7-9-20)19-10-12-27(32,13-11-19)25(31)14-23-26-21(4-3-5-22(26)28)24-15-29-16-30(23)24/h3-9,15-17,19,23,25,31-32H,10-14H2,1-2H3. The van der Waals surface area contributed by atoms with Gasteiger partial charge in [0, 0.05) is 17.5 Å². The van der Waals surface area contributed by atoms with Crippen LogP contribution in [0.2, 0.25) is 0 Å². The molecule has 1 fully saturated rings. The van der Waals surface area contributed by atoms with Crippen molar-refractivity contribution < 1.29 is 19.3 Å². The van der Waals surface area contributed by atoms with Gasteiger partial charge in [-0.15, -0.1) is 0 Å². The van der Waals surface area contributed by atoms with Crippen molar-refractivity contribution >= 4 is 0 Å². The first kappa shape index (κ1) is 22.1. The van der Waals surface area contributed by atoms with Gasteiger partial charge in [-0.05, 0) is 69.2 Å². The van der Waals surface area contributed by atoms with Gasteiger partial charge in [0.2, 0.25) is 0 Å². The van der Waals surface area contributed by atoms with Crippen molar-refractivity contribution in [2.24, 2.45) is 0 Å². The number of hydrogen-bond donors (Lipinski definition) is 2. The van der Waals surface area contributed by atoms with E-state index < -0.39 is 11.7 Å². The number of imidazole rings is 1. The van der Waals surface area contributed by atoms with E-state index in [2.05, 4.69) is 17.1 Å². The van der Waals surface area contributed by atoms with Crippen molar-refractivity contribution in [2.45, 2.75) is 75.7 Å². The average molecular weight is 451 g/mol. The molecule has 2 atom stereocenters. The number of nitrogens with zero attached hydrogens (tertiary/aromatic N) is 2. The zero-order valence-corrected chi connectivity index (χ0v) is 19.1. The van der Waals surface area contributed by atoms with Crippen LogP contribution in [0.1, 0.15) is 69.0 Å². The van der Waals surface area contributed by atoms with Crippen LogP contribution in [0, 0.1) is 5.82 Å². The SMILES string of the molecule is CC(C)Oc1ccc(C2CCC(O)(C(O)CC3c4c(F)cccc4-c4cncn43)CC2)cc1. The van der Waals surface area contributed by atoms with Crippen LogP contribution in [0.4, 0.5) is 4.39 Å². The summed E-state index contributed by atoms with van der Waals surface area (Å²) in [5, 5.41) is 22.5. The Morgan fingerprint density at radius 2 is 1.88 bits per heavy atom. The van der Waals surface area contributed by atoms with Gasteiger partial charge in [0.1, 0.15) is 11.6 Å². The van der Waals surface area contributed by atoms with Gasteiger partial charge < -0.3 is 19.5 Å². The first-order valence-electron chi connectivity index (χ1n) is 11.8. The van der Waals surface area contributed by atoms with Gasteiger partial charge in [-0.25, -0.2) is 9.37 Å². The molecule has 2 unspecified atom stereocenters. The summed E-state index contributed by atoms with van der Waals surface area (Å²) >= 11 is 0. The highest BCUT2D eigenvalue weighted by Gasteiger charge is 2.43. The number of fused-ring (bicyclic) bond motifs is 3. The molecule has 5 rings (SSSR count). The van der Waals surface area contributed by atoms with Crippen LogP contribution in [-0.4, -0.2) is 37.6 Å². The molecule has 2 heterocycles. The minimum Gasteiger partial charge on any atom is -0.491 e. The van der Waals surface area contributed by atoms with Crippen LogP contribution in [0.15, 0.2) is 55.0 Å². The van der Waals surface area contributed by atoms with Crippen molar-refractivity contribution in [3.05, 3.63) is 71.9 Å². The van der Waals surface area contributed by atoms with Crippen LogP contribution in [-0.2, 0) is 0 Å². The lowest BCUT2D eigenvalue weighted by molar-refractivity contribution is -0.105. The van der Waals surface area contributed by atoms with Crippen LogP contribution in [0.25, 0.3) is 11.3 Å². The molecule has 33 heavy (non-hydrogen) atoms. The molecule has 1 aliphatic carbocycles. The van der Waals surface area contributed by atoms with Crippen LogP contribution in [0.3, 0.4) is 0 Å². The van der Waals surface area contributed by atoms with Gasteiger partial charge in [-0.1, -0.05) is 24.3 Å². The predicted molar refractivity (Wildman–Crippen MR) is 125 cm³/mol. The molecule has 0 saturated heterocycles. The number of halogens is 1. The molecule has 1 aromatic heterocycles. The number of ether oxygens (including phenoxy) is 1. The lowest BCUT2D eigenvalue weighted by Gasteiger charge is -2.40. The van der Waals surface area contributed by atoms with E-state index in [0.717, 1.165) is 29.8 Å². The van der Waals surface area contributed by atoms with Gasteiger partial charge >= 0.3 is 0 Å². The third kappa shape index (κ3) is 4.06. The van der Waals surface area contributed by atoms with E-state index in [-0.39, 0.29) is 24.4 Å². The summed E-state index contributed by atoms with van der Waals surface area (Å²) in [6, 6.07) is 12.9. The van der Waals surface area contributed by atoms with Gasteiger partial charge in [0.15, 0.2) is 0 Å². The average Bonchev–Trinajstić information content (AvgIpc) is 3.38. The second-order valence-electron chi connectivity index (χ2n) is 9.77. The molecule has 174 valence electrons. The van der Waals surface area contributed by atoms with Crippen molar-refractivity contribution in [3.63, 3.8) is 0 Å². The molecule has 0 spiro atoms. The van der Waals surface area contributed by atoms with Crippen molar-refractivity contribution in [1.82, 2.24) is 9.55 Å². The normalized spacial score (nSPS) is 25.0. The number of aromatic nitrogens is 2. The Balaban J connectivity index is 1.27. The molecule has 0 bridgehead atoms. The molecule has 2 N–H and O–H groups in total. The quantitative estimate of drug-likeness (QED) is 0.540. The van der Waals surface area contributed by atoms with Crippen LogP contribution < -0.4 is 4.74 Å². The number of aliphatic hydroxyl groups is 2. The van der Waals surface area contributed by atoms with E-state index in [4.69, 9.17) is 4.74 Å². The smallest absolute Gasteiger partial charge is 0.129 e. The number of rotatable bonds is 6. The monoisotopic (exact) mass is 450 g/mol. The highest BCUT2D eigenvalue weighted by molar-refractivity contribution is 5.69. The first-order chi connectivity index (χ1) is 15.9. The summed E-state index contributed by atoms with van der Waals surface area (Å²) in [5.74, 6) is 0.920. The van der Waals surface area contributed by atoms with E-state index in [1.807, 2.05) is 36.6 Å². The molecule has 5 nitrogen and oxygen atoms in total. The Labute approximate surface area is 193 Å². The van der Waals surface area contributed by atoms with E-state index in [0.29, 0.717) is 24.3 Å². The number of benzene rings is 2. The zero-order valence-electron chi connectivity index (χ0n) is 19.1. The molecule has 1 aliphatic heterocycles. The van der Waals surface area contributed by atoms with Gasteiger partial charge in [0.05, 0.1) is 42.1 Å². The minimum atomic E-state index is -1.17. The maximum absolute atomic E-state index is 14.7. The summed E-state index contributed by atoms with van der Waals surface area (Å²) in [7, 11) is 0.